The lowest BCUT2D eigenvalue weighted by Crippen LogP contribution is -1.99. The summed E-state index contributed by atoms with van der Waals surface area (Å²) in [6.07, 6.45) is 3.68. The Kier molecular flexibility index (Phi) is 3.69. The molecular weight excluding hydrogens is 318 g/mol. The molecule has 0 atom stereocenters. The van der Waals surface area contributed by atoms with Crippen molar-refractivity contribution in [1.82, 2.24) is 14.6 Å². The van der Waals surface area contributed by atoms with Crippen molar-refractivity contribution in [3.8, 4) is 5.75 Å². The monoisotopic (exact) mass is 331 g/mol. The summed E-state index contributed by atoms with van der Waals surface area (Å²) < 4.78 is 8.39. The minimum absolute atomic E-state index is 0.823. The first-order chi connectivity index (χ1) is 9.78. The van der Waals surface area contributed by atoms with Crippen molar-refractivity contribution in [3.05, 3.63) is 58.5 Å². The Bertz CT molecular complexity index is 739. The van der Waals surface area contributed by atoms with Crippen LogP contribution in [-0.2, 0) is 12.8 Å². The van der Waals surface area contributed by atoms with Gasteiger partial charge in [-0.25, -0.2) is 0 Å². The van der Waals surface area contributed by atoms with Crippen molar-refractivity contribution in [3.63, 3.8) is 0 Å². The van der Waals surface area contributed by atoms with E-state index in [1.165, 1.54) is 5.56 Å². The van der Waals surface area contributed by atoms with E-state index in [1.807, 2.05) is 40.9 Å². The van der Waals surface area contributed by atoms with E-state index in [0.717, 1.165) is 34.5 Å². The van der Waals surface area contributed by atoms with Crippen LogP contribution in [0.4, 0.5) is 0 Å². The van der Waals surface area contributed by atoms with Crippen LogP contribution in [0.5, 0.6) is 5.75 Å². The fraction of sp³-hybridized carbons (Fsp3) is 0.200. The predicted octanol–water partition coefficient (Wildman–Crippen LogP) is 3.29. The van der Waals surface area contributed by atoms with Crippen LogP contribution >= 0.6 is 15.9 Å². The van der Waals surface area contributed by atoms with Crippen LogP contribution in [0, 0.1) is 0 Å². The minimum atomic E-state index is 0.823. The van der Waals surface area contributed by atoms with E-state index in [0.29, 0.717) is 0 Å². The molecule has 0 bridgehead atoms. The third kappa shape index (κ3) is 2.54. The topological polar surface area (TPSA) is 39.4 Å². The molecule has 0 amide bonds. The number of hydrogen-bond acceptors (Lipinski definition) is 3. The van der Waals surface area contributed by atoms with Crippen molar-refractivity contribution >= 4 is 21.6 Å². The average Bonchev–Trinajstić information content (AvgIpc) is 2.87. The molecule has 102 valence electrons. The van der Waals surface area contributed by atoms with E-state index in [4.69, 9.17) is 4.74 Å². The number of aryl methyl sites for hydroxylation is 2. The summed E-state index contributed by atoms with van der Waals surface area (Å²) in [4.78, 5) is 0. The van der Waals surface area contributed by atoms with Gasteiger partial charge < -0.3 is 4.74 Å². The Morgan fingerprint density at radius 2 is 2.00 bits per heavy atom. The maximum Gasteiger partial charge on any atom is 0.161 e. The summed E-state index contributed by atoms with van der Waals surface area (Å²) in [5, 5.41) is 8.44. The molecule has 2 aromatic heterocycles. The van der Waals surface area contributed by atoms with Crippen LogP contribution < -0.4 is 4.74 Å². The fourth-order valence-corrected chi connectivity index (χ4v) is 2.56. The van der Waals surface area contributed by atoms with E-state index in [-0.39, 0.29) is 0 Å². The molecule has 0 aliphatic rings. The fourth-order valence-electron chi connectivity index (χ4n) is 2.24. The van der Waals surface area contributed by atoms with Crippen LogP contribution in [0.3, 0.4) is 0 Å². The van der Waals surface area contributed by atoms with E-state index in [1.54, 1.807) is 7.11 Å². The third-order valence-corrected chi connectivity index (χ3v) is 3.75. The lowest BCUT2D eigenvalue weighted by atomic mass is 10.1. The van der Waals surface area contributed by atoms with Crippen molar-refractivity contribution in [2.75, 3.05) is 7.11 Å². The molecule has 1 aromatic carbocycles. The van der Waals surface area contributed by atoms with Crippen LogP contribution in [0.15, 0.2) is 47.1 Å². The zero-order valence-electron chi connectivity index (χ0n) is 11.1. The van der Waals surface area contributed by atoms with Crippen molar-refractivity contribution in [2.45, 2.75) is 12.8 Å². The second kappa shape index (κ2) is 5.63. The highest BCUT2D eigenvalue weighted by Gasteiger charge is 2.08. The van der Waals surface area contributed by atoms with Gasteiger partial charge in [-0.1, -0.05) is 34.1 Å². The molecule has 0 fully saturated rings. The first kappa shape index (κ1) is 13.1. The molecule has 0 saturated heterocycles. The SMILES string of the molecule is COc1ccccc1CCc1nnc2cc(Br)ccn12. The highest BCUT2D eigenvalue weighted by atomic mass is 79.9. The van der Waals surface area contributed by atoms with Crippen LogP contribution in [-0.4, -0.2) is 21.7 Å². The second-order valence-corrected chi connectivity index (χ2v) is 5.42. The number of halogens is 1. The minimum Gasteiger partial charge on any atom is -0.496 e. The Hall–Kier alpha value is -1.88. The molecule has 0 unspecified atom stereocenters. The molecule has 4 nitrogen and oxygen atoms in total. The van der Waals surface area contributed by atoms with Gasteiger partial charge in [-0.05, 0) is 30.2 Å². The van der Waals surface area contributed by atoms with Crippen LogP contribution in [0.2, 0.25) is 0 Å². The second-order valence-electron chi connectivity index (χ2n) is 4.50. The first-order valence-electron chi connectivity index (χ1n) is 6.39. The van der Waals surface area contributed by atoms with E-state index >= 15 is 0 Å². The van der Waals surface area contributed by atoms with Crippen molar-refractivity contribution in [2.24, 2.45) is 0 Å². The number of ether oxygens (including phenoxy) is 1. The van der Waals surface area contributed by atoms with Crippen molar-refractivity contribution < 1.29 is 4.74 Å². The average molecular weight is 332 g/mol. The van der Waals surface area contributed by atoms with Gasteiger partial charge in [-0.3, -0.25) is 4.40 Å². The van der Waals surface area contributed by atoms with Gasteiger partial charge in [0.2, 0.25) is 0 Å². The quantitative estimate of drug-likeness (QED) is 0.736. The van der Waals surface area contributed by atoms with E-state index in [9.17, 15) is 0 Å². The summed E-state index contributed by atoms with van der Waals surface area (Å²) in [6.45, 7) is 0. The largest absolute Gasteiger partial charge is 0.496 e. The molecular formula is C15H14BrN3O. The predicted molar refractivity (Wildman–Crippen MR) is 81.1 cm³/mol. The molecule has 3 rings (SSSR count). The number of aromatic nitrogens is 3. The number of fused-ring (bicyclic) bond motifs is 1. The lowest BCUT2D eigenvalue weighted by molar-refractivity contribution is 0.409. The maximum atomic E-state index is 5.37. The summed E-state index contributed by atoms with van der Waals surface area (Å²) in [6, 6.07) is 12.0. The summed E-state index contributed by atoms with van der Waals surface area (Å²) in [7, 11) is 1.70. The highest BCUT2D eigenvalue weighted by molar-refractivity contribution is 9.10. The Balaban J connectivity index is 1.83. The lowest BCUT2D eigenvalue weighted by Gasteiger charge is -2.07. The van der Waals surface area contributed by atoms with Gasteiger partial charge in [0.1, 0.15) is 11.6 Å². The van der Waals surface area contributed by atoms with Crippen molar-refractivity contribution in [1.29, 1.82) is 0 Å². The molecule has 0 N–H and O–H groups in total. The summed E-state index contributed by atoms with van der Waals surface area (Å²) in [5.41, 5.74) is 2.04. The van der Waals surface area contributed by atoms with Gasteiger partial charge in [0.15, 0.2) is 5.65 Å². The zero-order valence-corrected chi connectivity index (χ0v) is 12.7. The number of rotatable bonds is 4. The maximum absolute atomic E-state index is 5.37. The molecule has 0 aliphatic heterocycles. The van der Waals surface area contributed by atoms with Gasteiger partial charge in [-0.15, -0.1) is 10.2 Å². The molecule has 0 radical (unpaired) electrons. The number of pyridine rings is 1. The molecule has 20 heavy (non-hydrogen) atoms. The number of nitrogens with zero attached hydrogens (tertiary/aromatic N) is 3. The number of methoxy groups -OCH3 is 1. The number of para-hydroxylation sites is 1. The van der Waals surface area contributed by atoms with Crippen LogP contribution in [0.1, 0.15) is 11.4 Å². The molecule has 0 aliphatic carbocycles. The molecule has 3 aromatic rings. The van der Waals surface area contributed by atoms with E-state index < -0.39 is 0 Å². The standard InChI is InChI=1S/C15H14BrN3O/c1-20-13-5-3-2-4-11(13)6-7-14-17-18-15-10-12(16)8-9-19(14)15/h2-5,8-10H,6-7H2,1H3. The first-order valence-corrected chi connectivity index (χ1v) is 7.18. The highest BCUT2D eigenvalue weighted by Crippen LogP contribution is 2.19. The summed E-state index contributed by atoms with van der Waals surface area (Å²) >= 11 is 3.44. The van der Waals surface area contributed by atoms with Gasteiger partial charge in [0.05, 0.1) is 7.11 Å². The third-order valence-electron chi connectivity index (χ3n) is 3.25. The molecule has 2 heterocycles. The Morgan fingerprint density at radius 3 is 2.85 bits per heavy atom. The molecule has 5 heteroatoms. The van der Waals surface area contributed by atoms with Gasteiger partial charge in [-0.2, -0.15) is 0 Å². The van der Waals surface area contributed by atoms with Gasteiger partial charge in [0, 0.05) is 17.1 Å². The van der Waals surface area contributed by atoms with Gasteiger partial charge in [0.25, 0.3) is 0 Å². The molecule has 0 spiro atoms. The number of benzene rings is 1. The van der Waals surface area contributed by atoms with Crippen LogP contribution in [0.25, 0.3) is 5.65 Å². The Labute approximate surface area is 125 Å². The number of hydrogen-bond donors (Lipinski definition) is 0. The normalized spacial score (nSPS) is 10.9. The smallest absolute Gasteiger partial charge is 0.161 e. The zero-order chi connectivity index (χ0) is 13.9. The van der Waals surface area contributed by atoms with Gasteiger partial charge >= 0.3 is 0 Å². The van der Waals surface area contributed by atoms with E-state index in [2.05, 4.69) is 32.2 Å². The summed E-state index contributed by atoms with van der Waals surface area (Å²) in [5.74, 6) is 1.88. The Morgan fingerprint density at radius 1 is 1.15 bits per heavy atom. The molecule has 0 saturated carbocycles.